The summed E-state index contributed by atoms with van der Waals surface area (Å²) in [7, 11) is 0. The maximum Gasteiger partial charge on any atom is 0.331 e. The Labute approximate surface area is 58.9 Å². The van der Waals surface area contributed by atoms with Gasteiger partial charge in [0.25, 0.3) is 0 Å². The highest BCUT2D eigenvalue weighted by atomic mass is 16.4. The number of aliphatic carboxylic acids is 1. The van der Waals surface area contributed by atoms with Gasteiger partial charge in [0.05, 0.1) is 0 Å². The van der Waals surface area contributed by atoms with Crippen LogP contribution < -0.4 is 0 Å². The molecule has 0 fully saturated rings. The zero-order chi connectivity index (χ0) is 7.14. The molecule has 2 bridgehead atoms. The molecule has 0 radical (unpaired) electrons. The van der Waals surface area contributed by atoms with Gasteiger partial charge in [0, 0.05) is 11.5 Å². The Morgan fingerprint density at radius 3 is 2.70 bits per heavy atom. The number of allylic oxidation sites excluding steroid dienone is 3. The van der Waals surface area contributed by atoms with Crippen LogP contribution in [-0.4, -0.2) is 11.1 Å². The molecule has 0 aromatic rings. The standard InChI is InChI=1S/C8H8O2/c9-8(10)7-4-5-1-2-6(7)3-5/h1-2,4-6H,3H2,(H,9,10)/t5-,6+/m0/s1. The van der Waals surface area contributed by atoms with Gasteiger partial charge in [0.1, 0.15) is 0 Å². The fraction of sp³-hybridized carbons (Fsp3) is 0.375. The predicted molar refractivity (Wildman–Crippen MR) is 36.5 cm³/mol. The van der Waals surface area contributed by atoms with Crippen molar-refractivity contribution < 1.29 is 9.90 Å². The summed E-state index contributed by atoms with van der Waals surface area (Å²) in [6.07, 6.45) is 6.92. The van der Waals surface area contributed by atoms with E-state index in [9.17, 15) is 4.79 Å². The van der Waals surface area contributed by atoms with Gasteiger partial charge in [0.15, 0.2) is 0 Å². The number of hydrogen-bond donors (Lipinski definition) is 1. The fourth-order valence-electron chi connectivity index (χ4n) is 1.67. The van der Waals surface area contributed by atoms with Crippen LogP contribution in [0.15, 0.2) is 23.8 Å². The Kier molecular flexibility index (Phi) is 0.982. The molecule has 0 aromatic heterocycles. The highest BCUT2D eigenvalue weighted by molar-refractivity contribution is 5.88. The van der Waals surface area contributed by atoms with Crippen molar-refractivity contribution in [3.63, 3.8) is 0 Å². The summed E-state index contributed by atoms with van der Waals surface area (Å²) in [5, 5.41) is 8.63. The minimum Gasteiger partial charge on any atom is -0.478 e. The zero-order valence-electron chi connectivity index (χ0n) is 5.45. The normalized spacial score (nSPS) is 34.6. The van der Waals surface area contributed by atoms with E-state index in [1.807, 2.05) is 12.2 Å². The Morgan fingerprint density at radius 2 is 2.40 bits per heavy atom. The van der Waals surface area contributed by atoms with Crippen molar-refractivity contribution in [2.24, 2.45) is 11.8 Å². The summed E-state index contributed by atoms with van der Waals surface area (Å²) in [5.41, 5.74) is 0.590. The highest BCUT2D eigenvalue weighted by Crippen LogP contribution is 2.37. The third-order valence-corrected chi connectivity index (χ3v) is 2.16. The molecule has 2 aliphatic rings. The quantitative estimate of drug-likeness (QED) is 0.550. The van der Waals surface area contributed by atoms with E-state index in [1.165, 1.54) is 0 Å². The van der Waals surface area contributed by atoms with Gasteiger partial charge in [-0.3, -0.25) is 0 Å². The van der Waals surface area contributed by atoms with Gasteiger partial charge in [-0.1, -0.05) is 18.2 Å². The lowest BCUT2D eigenvalue weighted by Crippen LogP contribution is -2.05. The van der Waals surface area contributed by atoms with Crippen LogP contribution in [0.4, 0.5) is 0 Å². The monoisotopic (exact) mass is 136 g/mol. The second-order valence-electron chi connectivity index (χ2n) is 2.82. The maximum atomic E-state index is 10.5. The van der Waals surface area contributed by atoms with Gasteiger partial charge < -0.3 is 5.11 Å². The topological polar surface area (TPSA) is 37.3 Å². The second kappa shape index (κ2) is 1.72. The van der Waals surface area contributed by atoms with Crippen LogP contribution in [0.3, 0.4) is 0 Å². The van der Waals surface area contributed by atoms with E-state index in [1.54, 1.807) is 0 Å². The molecule has 2 atom stereocenters. The van der Waals surface area contributed by atoms with Crippen LogP contribution in [0.25, 0.3) is 0 Å². The third kappa shape index (κ3) is 0.618. The summed E-state index contributed by atoms with van der Waals surface area (Å²) >= 11 is 0. The lowest BCUT2D eigenvalue weighted by Gasteiger charge is -2.01. The van der Waals surface area contributed by atoms with E-state index in [0.717, 1.165) is 6.42 Å². The molecule has 52 valence electrons. The highest BCUT2D eigenvalue weighted by Gasteiger charge is 2.31. The molecular formula is C8H8O2. The average Bonchev–Trinajstić information content (AvgIpc) is 2.44. The number of carboxylic acid groups (broad SMARTS) is 1. The number of fused-ring (bicyclic) bond motifs is 2. The minimum absolute atomic E-state index is 0.211. The summed E-state index contributed by atoms with van der Waals surface area (Å²) in [5.74, 6) is -0.129. The van der Waals surface area contributed by atoms with E-state index in [4.69, 9.17) is 5.11 Å². The summed E-state index contributed by atoms with van der Waals surface area (Å²) in [6, 6.07) is 0. The predicted octanol–water partition coefficient (Wildman–Crippen LogP) is 1.20. The average molecular weight is 136 g/mol. The number of carboxylic acids is 1. The Hall–Kier alpha value is -1.05. The molecule has 0 aliphatic heterocycles. The van der Waals surface area contributed by atoms with Crippen molar-refractivity contribution in [2.75, 3.05) is 0 Å². The van der Waals surface area contributed by atoms with Crippen LogP contribution in [0.1, 0.15) is 6.42 Å². The molecule has 0 spiro atoms. The Morgan fingerprint density at radius 1 is 1.60 bits per heavy atom. The Balaban J connectivity index is 2.29. The van der Waals surface area contributed by atoms with Gasteiger partial charge in [0.2, 0.25) is 0 Å². The van der Waals surface area contributed by atoms with Crippen molar-refractivity contribution in [3.8, 4) is 0 Å². The van der Waals surface area contributed by atoms with Gasteiger partial charge >= 0.3 is 5.97 Å². The number of hydrogen-bond acceptors (Lipinski definition) is 1. The van der Waals surface area contributed by atoms with Crippen molar-refractivity contribution in [1.29, 1.82) is 0 Å². The number of carbonyl (C=O) groups is 1. The summed E-state index contributed by atoms with van der Waals surface area (Å²) in [6.45, 7) is 0. The van der Waals surface area contributed by atoms with E-state index < -0.39 is 5.97 Å². The third-order valence-electron chi connectivity index (χ3n) is 2.16. The Bertz CT molecular complexity index is 238. The SMILES string of the molecule is O=C(O)C1=C[C@H]2C=C[C@@H]1C2. The molecule has 0 saturated heterocycles. The lowest BCUT2D eigenvalue weighted by atomic mass is 10.0. The first-order chi connectivity index (χ1) is 4.77. The molecule has 0 saturated carbocycles. The van der Waals surface area contributed by atoms with Crippen LogP contribution in [0, 0.1) is 11.8 Å². The first-order valence-corrected chi connectivity index (χ1v) is 3.40. The van der Waals surface area contributed by atoms with Crippen molar-refractivity contribution in [1.82, 2.24) is 0 Å². The minimum atomic E-state index is -0.753. The van der Waals surface area contributed by atoms with Gasteiger partial charge in [-0.25, -0.2) is 4.79 Å². The molecule has 0 aromatic carbocycles. The summed E-state index contributed by atoms with van der Waals surface area (Å²) in [4.78, 5) is 10.5. The molecule has 0 heterocycles. The van der Waals surface area contributed by atoms with Crippen molar-refractivity contribution in [3.05, 3.63) is 23.8 Å². The van der Waals surface area contributed by atoms with Gasteiger partial charge in [-0.15, -0.1) is 0 Å². The lowest BCUT2D eigenvalue weighted by molar-refractivity contribution is -0.133. The largest absolute Gasteiger partial charge is 0.478 e. The van der Waals surface area contributed by atoms with Gasteiger partial charge in [-0.2, -0.15) is 0 Å². The van der Waals surface area contributed by atoms with Crippen LogP contribution in [0.2, 0.25) is 0 Å². The van der Waals surface area contributed by atoms with Crippen LogP contribution >= 0.6 is 0 Å². The molecule has 2 heteroatoms. The molecule has 2 nitrogen and oxygen atoms in total. The zero-order valence-corrected chi connectivity index (χ0v) is 5.45. The smallest absolute Gasteiger partial charge is 0.331 e. The van der Waals surface area contributed by atoms with Gasteiger partial charge in [-0.05, 0) is 12.3 Å². The van der Waals surface area contributed by atoms with Crippen LogP contribution in [-0.2, 0) is 4.79 Å². The van der Waals surface area contributed by atoms with E-state index in [2.05, 4.69) is 6.08 Å². The molecule has 2 rings (SSSR count). The van der Waals surface area contributed by atoms with Crippen molar-refractivity contribution in [2.45, 2.75) is 6.42 Å². The van der Waals surface area contributed by atoms with E-state index in [0.29, 0.717) is 11.5 Å². The summed E-state index contributed by atoms with van der Waals surface area (Å²) < 4.78 is 0. The first kappa shape index (κ1) is 5.71. The molecule has 2 aliphatic carbocycles. The van der Waals surface area contributed by atoms with E-state index >= 15 is 0 Å². The molecule has 0 amide bonds. The molecule has 10 heavy (non-hydrogen) atoms. The fourth-order valence-corrected chi connectivity index (χ4v) is 1.67. The van der Waals surface area contributed by atoms with E-state index in [-0.39, 0.29) is 5.92 Å². The first-order valence-electron chi connectivity index (χ1n) is 3.40. The number of rotatable bonds is 1. The molecule has 0 unspecified atom stereocenters. The second-order valence-corrected chi connectivity index (χ2v) is 2.82. The molecule has 1 N–H and O–H groups in total. The maximum absolute atomic E-state index is 10.5. The van der Waals surface area contributed by atoms with Crippen LogP contribution in [0.5, 0.6) is 0 Å². The molecular weight excluding hydrogens is 128 g/mol. The van der Waals surface area contributed by atoms with Crippen molar-refractivity contribution >= 4 is 5.97 Å².